The van der Waals surface area contributed by atoms with Gasteiger partial charge in [0.25, 0.3) is 11.1 Å². The Labute approximate surface area is 194 Å². The molecular weight excluding hydrogens is 443 g/mol. The number of nitrogens with one attached hydrogen (secondary N) is 2. The zero-order chi connectivity index (χ0) is 23.4. The standard InChI is InChI=1S/C23H23FN6O2S/c1-13(14-5-4-6-15-20(22(31)25-2)16(24)10-27-21(14)15)7-8-26-19-9-17(28-12-29-19)18-11-33-23(30-18)32-3/h4-6,9-13H,7-8H2,1-3H3,(H,25,31)(H,26,28,29). The number of hydrogen-bond acceptors (Lipinski definition) is 8. The maximum atomic E-state index is 14.3. The molecule has 0 saturated carbocycles. The van der Waals surface area contributed by atoms with Crippen molar-refractivity contribution in [3.63, 3.8) is 0 Å². The predicted octanol–water partition coefficient (Wildman–Crippen LogP) is 4.26. The fraction of sp³-hybridized carbons (Fsp3) is 0.261. The van der Waals surface area contributed by atoms with Crippen molar-refractivity contribution in [1.29, 1.82) is 0 Å². The molecule has 1 aromatic carbocycles. The van der Waals surface area contributed by atoms with Crippen molar-refractivity contribution in [1.82, 2.24) is 25.3 Å². The number of anilines is 1. The quantitative estimate of drug-likeness (QED) is 0.400. The smallest absolute Gasteiger partial charge is 0.273 e. The minimum atomic E-state index is -0.634. The molecule has 4 rings (SSSR count). The highest BCUT2D eigenvalue weighted by molar-refractivity contribution is 7.11. The summed E-state index contributed by atoms with van der Waals surface area (Å²) >= 11 is 1.41. The van der Waals surface area contributed by atoms with Crippen molar-refractivity contribution < 1.29 is 13.9 Å². The van der Waals surface area contributed by atoms with E-state index >= 15 is 0 Å². The van der Waals surface area contributed by atoms with Gasteiger partial charge in [0.2, 0.25) is 0 Å². The van der Waals surface area contributed by atoms with Crippen LogP contribution in [0.4, 0.5) is 10.2 Å². The topological polar surface area (TPSA) is 102 Å². The first-order valence-electron chi connectivity index (χ1n) is 10.4. The monoisotopic (exact) mass is 466 g/mol. The van der Waals surface area contributed by atoms with E-state index in [1.165, 1.54) is 24.7 Å². The number of halogens is 1. The number of ether oxygens (including phenoxy) is 1. The van der Waals surface area contributed by atoms with Crippen molar-refractivity contribution in [2.24, 2.45) is 0 Å². The lowest BCUT2D eigenvalue weighted by Gasteiger charge is -2.16. The summed E-state index contributed by atoms with van der Waals surface area (Å²) < 4.78 is 19.4. The number of para-hydroxylation sites is 1. The molecule has 0 bridgehead atoms. The molecule has 2 N–H and O–H groups in total. The van der Waals surface area contributed by atoms with Gasteiger partial charge in [-0.3, -0.25) is 9.78 Å². The second-order valence-electron chi connectivity index (χ2n) is 7.41. The summed E-state index contributed by atoms with van der Waals surface area (Å²) in [7, 11) is 3.06. The van der Waals surface area contributed by atoms with Crippen LogP contribution in [0.15, 0.2) is 42.2 Å². The molecule has 0 aliphatic carbocycles. The molecule has 8 nitrogen and oxygen atoms in total. The van der Waals surface area contributed by atoms with Gasteiger partial charge in [-0.15, -0.1) is 0 Å². The molecule has 0 spiro atoms. The third kappa shape index (κ3) is 4.75. The van der Waals surface area contributed by atoms with E-state index in [2.05, 4.69) is 37.5 Å². The van der Waals surface area contributed by atoms with E-state index in [0.717, 1.165) is 23.9 Å². The van der Waals surface area contributed by atoms with E-state index in [-0.39, 0.29) is 11.5 Å². The van der Waals surface area contributed by atoms with Gasteiger partial charge in [-0.1, -0.05) is 36.5 Å². The lowest BCUT2D eigenvalue weighted by atomic mass is 9.93. The number of benzene rings is 1. The van der Waals surface area contributed by atoms with Gasteiger partial charge >= 0.3 is 0 Å². The lowest BCUT2D eigenvalue weighted by molar-refractivity contribution is 0.0960. The highest BCUT2D eigenvalue weighted by atomic mass is 32.1. The van der Waals surface area contributed by atoms with E-state index in [1.807, 2.05) is 23.6 Å². The fourth-order valence-electron chi connectivity index (χ4n) is 3.61. The van der Waals surface area contributed by atoms with E-state index in [0.29, 0.717) is 34.2 Å². The number of pyridine rings is 1. The van der Waals surface area contributed by atoms with Crippen molar-refractivity contribution >= 4 is 34.0 Å². The second kappa shape index (κ2) is 9.86. The van der Waals surface area contributed by atoms with Gasteiger partial charge in [0.1, 0.15) is 17.8 Å². The first-order valence-corrected chi connectivity index (χ1v) is 11.2. The van der Waals surface area contributed by atoms with Crippen molar-refractivity contribution in [3.05, 3.63) is 59.1 Å². The Balaban J connectivity index is 1.48. The number of methoxy groups -OCH3 is 1. The average molecular weight is 467 g/mol. The SMILES string of the molecule is CNC(=O)c1c(F)cnc2c(C(C)CCNc3cc(-c4csc(OC)n4)ncn3)cccc12. The Morgan fingerprint density at radius 3 is 2.85 bits per heavy atom. The number of hydrogen-bond donors (Lipinski definition) is 2. The summed E-state index contributed by atoms with van der Waals surface area (Å²) in [5.74, 6) is -0.297. The van der Waals surface area contributed by atoms with Crippen molar-refractivity contribution in [3.8, 4) is 16.6 Å². The number of carbonyl (C=O) groups is 1. The largest absolute Gasteiger partial charge is 0.473 e. The number of amides is 1. The summed E-state index contributed by atoms with van der Waals surface area (Å²) in [6.07, 6.45) is 3.38. The number of carbonyl (C=O) groups excluding carboxylic acids is 1. The Morgan fingerprint density at radius 2 is 2.09 bits per heavy atom. The van der Waals surface area contributed by atoms with Crippen LogP contribution in [0.2, 0.25) is 0 Å². The minimum absolute atomic E-state index is 0.0156. The third-order valence-corrected chi connectivity index (χ3v) is 6.14. The zero-order valence-corrected chi connectivity index (χ0v) is 19.2. The first-order chi connectivity index (χ1) is 16.0. The summed E-state index contributed by atoms with van der Waals surface area (Å²) in [5, 5.41) is 8.79. The van der Waals surface area contributed by atoms with Crippen LogP contribution in [0.1, 0.15) is 35.2 Å². The van der Waals surface area contributed by atoms with Crippen LogP contribution in [0.3, 0.4) is 0 Å². The van der Waals surface area contributed by atoms with E-state index in [9.17, 15) is 9.18 Å². The number of aromatic nitrogens is 4. The van der Waals surface area contributed by atoms with Crippen molar-refractivity contribution in [2.45, 2.75) is 19.3 Å². The number of rotatable bonds is 8. The van der Waals surface area contributed by atoms with Gasteiger partial charge in [-0.2, -0.15) is 0 Å². The average Bonchev–Trinajstić information content (AvgIpc) is 3.33. The Morgan fingerprint density at radius 1 is 1.24 bits per heavy atom. The molecule has 4 aromatic rings. The molecule has 1 unspecified atom stereocenters. The van der Waals surface area contributed by atoms with Gasteiger partial charge in [-0.25, -0.2) is 19.3 Å². The molecule has 0 aliphatic rings. The predicted molar refractivity (Wildman–Crippen MR) is 126 cm³/mol. The maximum Gasteiger partial charge on any atom is 0.273 e. The van der Waals surface area contributed by atoms with Gasteiger partial charge < -0.3 is 15.4 Å². The molecule has 1 amide bonds. The summed E-state index contributed by atoms with van der Waals surface area (Å²) in [5.41, 5.74) is 3.05. The Hall–Kier alpha value is -3.66. The van der Waals surface area contributed by atoms with Crippen LogP contribution in [0.25, 0.3) is 22.3 Å². The Bertz CT molecular complexity index is 1300. The molecule has 170 valence electrons. The lowest BCUT2D eigenvalue weighted by Crippen LogP contribution is -2.20. The molecule has 33 heavy (non-hydrogen) atoms. The fourth-order valence-corrected chi connectivity index (χ4v) is 4.24. The van der Waals surface area contributed by atoms with Gasteiger partial charge in [-0.05, 0) is 17.9 Å². The molecule has 1 atom stereocenters. The van der Waals surface area contributed by atoms with Gasteiger partial charge in [0, 0.05) is 30.4 Å². The number of thiazole rings is 1. The van der Waals surface area contributed by atoms with Gasteiger partial charge in [0.15, 0.2) is 5.82 Å². The molecule has 0 fully saturated rings. The van der Waals surface area contributed by atoms with E-state index in [4.69, 9.17) is 4.74 Å². The van der Waals surface area contributed by atoms with Crippen molar-refractivity contribution in [2.75, 3.05) is 26.0 Å². The number of nitrogens with zero attached hydrogens (tertiary/aromatic N) is 4. The highest BCUT2D eigenvalue weighted by Gasteiger charge is 2.19. The normalized spacial score (nSPS) is 11.9. The summed E-state index contributed by atoms with van der Waals surface area (Å²) in [6.45, 7) is 2.73. The minimum Gasteiger partial charge on any atom is -0.473 e. The highest BCUT2D eigenvalue weighted by Crippen LogP contribution is 2.29. The molecule has 10 heteroatoms. The Kier molecular flexibility index (Phi) is 6.74. The second-order valence-corrected chi connectivity index (χ2v) is 8.23. The molecule has 3 aromatic heterocycles. The van der Waals surface area contributed by atoms with Crippen LogP contribution in [-0.2, 0) is 0 Å². The maximum absolute atomic E-state index is 14.3. The molecule has 0 radical (unpaired) electrons. The van der Waals surface area contributed by atoms with Crippen LogP contribution >= 0.6 is 11.3 Å². The van der Waals surface area contributed by atoms with Crippen LogP contribution < -0.4 is 15.4 Å². The number of fused-ring (bicyclic) bond motifs is 1. The van der Waals surface area contributed by atoms with E-state index < -0.39 is 11.7 Å². The molecule has 3 heterocycles. The van der Waals surface area contributed by atoms with Crippen LogP contribution in [-0.4, -0.2) is 46.5 Å². The van der Waals surface area contributed by atoms with Gasteiger partial charge in [0.05, 0.1) is 30.1 Å². The van der Waals surface area contributed by atoms with Crippen LogP contribution in [0, 0.1) is 5.82 Å². The summed E-state index contributed by atoms with van der Waals surface area (Å²) in [6, 6.07) is 7.36. The summed E-state index contributed by atoms with van der Waals surface area (Å²) in [4.78, 5) is 29.4. The molecular formula is C23H23FN6O2S. The zero-order valence-electron chi connectivity index (χ0n) is 18.4. The first kappa shape index (κ1) is 22.5. The third-order valence-electron chi connectivity index (χ3n) is 5.34. The molecule has 0 aliphatic heterocycles. The van der Waals surface area contributed by atoms with Crippen LogP contribution in [0.5, 0.6) is 5.19 Å². The van der Waals surface area contributed by atoms with E-state index in [1.54, 1.807) is 13.2 Å². The molecule has 0 saturated heterocycles.